The fourth-order valence-electron chi connectivity index (χ4n) is 3.16. The molecule has 0 unspecified atom stereocenters. The number of ether oxygens (including phenoxy) is 1. The molecule has 4 aromatic rings. The van der Waals surface area contributed by atoms with Gasteiger partial charge in [-0.2, -0.15) is 5.26 Å². The molecule has 0 atom stereocenters. The molecule has 6 heteroatoms. The zero-order valence-electron chi connectivity index (χ0n) is 15.7. The summed E-state index contributed by atoms with van der Waals surface area (Å²) >= 11 is 6.22. The zero-order chi connectivity index (χ0) is 20.2. The molecule has 1 heterocycles. The van der Waals surface area contributed by atoms with E-state index in [0.717, 1.165) is 27.6 Å². The predicted molar refractivity (Wildman–Crippen MR) is 115 cm³/mol. The summed E-state index contributed by atoms with van der Waals surface area (Å²) in [7, 11) is 1.59. The van der Waals surface area contributed by atoms with Crippen molar-refractivity contribution in [1.29, 1.82) is 5.26 Å². The summed E-state index contributed by atoms with van der Waals surface area (Å²) in [5, 5.41) is 23.7. The number of nitrogens with one attached hydrogen (secondary N) is 1. The number of fused-ring (bicyclic) bond motifs is 1. The molecule has 1 N–H and O–H groups in total. The van der Waals surface area contributed by atoms with Crippen molar-refractivity contribution in [3.63, 3.8) is 0 Å². The van der Waals surface area contributed by atoms with E-state index in [4.69, 9.17) is 21.6 Å². The number of benzene rings is 3. The van der Waals surface area contributed by atoms with Gasteiger partial charge in [0.15, 0.2) is 5.82 Å². The molecule has 0 spiro atoms. The first-order valence-electron chi connectivity index (χ1n) is 9.02. The molecule has 142 valence electrons. The number of hydrogen-bond donors (Lipinski definition) is 1. The van der Waals surface area contributed by atoms with Gasteiger partial charge in [0.05, 0.1) is 23.8 Å². The molecule has 0 bridgehead atoms. The highest BCUT2D eigenvalue weighted by atomic mass is 35.5. The molecule has 5 nitrogen and oxygen atoms in total. The number of halogens is 1. The molecule has 0 amide bonds. The number of anilines is 1. The standard InChI is InChI=1S/C23H17ClN4O/c1-29-21-11-8-16(12-20(21)24)14-26-23-19-5-3-2-4-18(19)22(27-28-23)17-9-6-15(13-25)7-10-17/h2-12H,14H2,1H3,(H,26,28). The van der Waals surface area contributed by atoms with Crippen LogP contribution in [0.5, 0.6) is 5.75 Å². The Morgan fingerprint density at radius 2 is 1.76 bits per heavy atom. The Bertz CT molecular complexity index is 1220. The minimum atomic E-state index is 0.554. The number of hydrogen-bond acceptors (Lipinski definition) is 5. The number of nitriles is 1. The van der Waals surface area contributed by atoms with E-state index >= 15 is 0 Å². The molecule has 4 rings (SSSR count). The summed E-state index contributed by atoms with van der Waals surface area (Å²) in [4.78, 5) is 0. The Hall–Kier alpha value is -3.62. The van der Waals surface area contributed by atoms with E-state index in [9.17, 15) is 0 Å². The van der Waals surface area contributed by atoms with Gasteiger partial charge in [-0.3, -0.25) is 0 Å². The van der Waals surface area contributed by atoms with Gasteiger partial charge in [-0.25, -0.2) is 0 Å². The van der Waals surface area contributed by atoms with Gasteiger partial charge in [0.1, 0.15) is 11.4 Å². The highest BCUT2D eigenvalue weighted by molar-refractivity contribution is 6.32. The first kappa shape index (κ1) is 18.7. The largest absolute Gasteiger partial charge is 0.495 e. The van der Waals surface area contributed by atoms with Crippen molar-refractivity contribution in [2.24, 2.45) is 0 Å². The van der Waals surface area contributed by atoms with Crippen molar-refractivity contribution in [2.45, 2.75) is 6.54 Å². The molecular weight excluding hydrogens is 384 g/mol. The normalized spacial score (nSPS) is 10.5. The first-order valence-corrected chi connectivity index (χ1v) is 9.39. The van der Waals surface area contributed by atoms with E-state index in [1.807, 2.05) is 54.6 Å². The van der Waals surface area contributed by atoms with E-state index in [1.165, 1.54) is 0 Å². The highest BCUT2D eigenvalue weighted by Gasteiger charge is 2.11. The third kappa shape index (κ3) is 3.84. The Labute approximate surface area is 173 Å². The topological polar surface area (TPSA) is 70.8 Å². The summed E-state index contributed by atoms with van der Waals surface area (Å²) in [6.45, 7) is 0.554. The minimum absolute atomic E-state index is 0.554. The monoisotopic (exact) mass is 400 g/mol. The van der Waals surface area contributed by atoms with Crippen molar-refractivity contribution >= 4 is 28.2 Å². The Balaban J connectivity index is 1.66. The van der Waals surface area contributed by atoms with Crippen LogP contribution in [0, 0.1) is 11.3 Å². The van der Waals surface area contributed by atoms with Crippen LogP contribution in [0.3, 0.4) is 0 Å². The van der Waals surface area contributed by atoms with Crippen LogP contribution in [-0.2, 0) is 6.54 Å². The maximum absolute atomic E-state index is 9.01. The van der Waals surface area contributed by atoms with Crippen molar-refractivity contribution < 1.29 is 4.74 Å². The molecule has 0 fully saturated rings. The van der Waals surface area contributed by atoms with Crippen LogP contribution in [0.2, 0.25) is 5.02 Å². The van der Waals surface area contributed by atoms with Crippen LogP contribution in [-0.4, -0.2) is 17.3 Å². The fourth-order valence-corrected chi connectivity index (χ4v) is 3.44. The molecule has 29 heavy (non-hydrogen) atoms. The molecule has 0 saturated carbocycles. The molecule has 0 aliphatic heterocycles. The van der Waals surface area contributed by atoms with Crippen molar-refractivity contribution in [2.75, 3.05) is 12.4 Å². The van der Waals surface area contributed by atoms with Crippen LogP contribution in [0.4, 0.5) is 5.82 Å². The second-order valence-corrected chi connectivity index (χ2v) is 6.86. The smallest absolute Gasteiger partial charge is 0.156 e. The van der Waals surface area contributed by atoms with Crippen LogP contribution in [0.25, 0.3) is 22.0 Å². The second-order valence-electron chi connectivity index (χ2n) is 6.45. The summed E-state index contributed by atoms with van der Waals surface area (Å²) in [5.41, 5.74) is 3.32. The third-order valence-corrected chi connectivity index (χ3v) is 4.95. The minimum Gasteiger partial charge on any atom is -0.495 e. The Morgan fingerprint density at radius 3 is 2.45 bits per heavy atom. The van der Waals surface area contributed by atoms with Crippen LogP contribution >= 0.6 is 11.6 Å². The lowest BCUT2D eigenvalue weighted by atomic mass is 10.0. The summed E-state index contributed by atoms with van der Waals surface area (Å²) < 4.78 is 5.20. The summed E-state index contributed by atoms with van der Waals surface area (Å²) in [6, 6.07) is 23.1. The maximum atomic E-state index is 9.01. The molecule has 3 aromatic carbocycles. The van der Waals surface area contributed by atoms with Crippen molar-refractivity contribution in [3.8, 4) is 23.1 Å². The molecule has 0 aliphatic carbocycles. The van der Waals surface area contributed by atoms with Crippen LogP contribution < -0.4 is 10.1 Å². The SMILES string of the molecule is COc1ccc(CNc2nnc(-c3ccc(C#N)cc3)c3ccccc23)cc1Cl. The maximum Gasteiger partial charge on any atom is 0.156 e. The average Bonchev–Trinajstić information content (AvgIpc) is 2.77. The van der Waals surface area contributed by atoms with Crippen LogP contribution in [0.1, 0.15) is 11.1 Å². The van der Waals surface area contributed by atoms with Crippen molar-refractivity contribution in [1.82, 2.24) is 10.2 Å². The van der Waals surface area contributed by atoms with Gasteiger partial charge >= 0.3 is 0 Å². The molecule has 0 radical (unpaired) electrons. The molecule has 0 saturated heterocycles. The quantitative estimate of drug-likeness (QED) is 0.482. The lowest BCUT2D eigenvalue weighted by molar-refractivity contribution is 0.415. The summed E-state index contributed by atoms with van der Waals surface area (Å²) in [5.74, 6) is 1.34. The zero-order valence-corrected chi connectivity index (χ0v) is 16.4. The summed E-state index contributed by atoms with van der Waals surface area (Å²) in [6.07, 6.45) is 0. The van der Waals surface area contributed by atoms with Crippen molar-refractivity contribution in [3.05, 3.63) is 82.9 Å². The van der Waals surface area contributed by atoms with E-state index in [2.05, 4.69) is 21.6 Å². The average molecular weight is 401 g/mol. The van der Waals surface area contributed by atoms with Gasteiger partial charge in [-0.1, -0.05) is 54.1 Å². The first-order chi connectivity index (χ1) is 14.2. The molecule has 0 aliphatic rings. The van der Waals surface area contributed by atoms with E-state index in [1.54, 1.807) is 19.2 Å². The predicted octanol–water partition coefficient (Wildman–Crippen LogP) is 5.44. The second kappa shape index (κ2) is 8.17. The van der Waals surface area contributed by atoms with Gasteiger partial charge < -0.3 is 10.1 Å². The Kier molecular flexibility index (Phi) is 5.28. The van der Waals surface area contributed by atoms with Gasteiger partial charge in [-0.15, -0.1) is 10.2 Å². The van der Waals surface area contributed by atoms with E-state index < -0.39 is 0 Å². The van der Waals surface area contributed by atoms with Gasteiger partial charge in [0.25, 0.3) is 0 Å². The lowest BCUT2D eigenvalue weighted by Gasteiger charge is -2.12. The van der Waals surface area contributed by atoms with E-state index in [0.29, 0.717) is 28.7 Å². The Morgan fingerprint density at radius 1 is 1.00 bits per heavy atom. The van der Waals surface area contributed by atoms with Crippen LogP contribution in [0.15, 0.2) is 66.7 Å². The van der Waals surface area contributed by atoms with Gasteiger partial charge in [0, 0.05) is 22.9 Å². The number of aromatic nitrogens is 2. The number of rotatable bonds is 5. The fraction of sp³-hybridized carbons (Fsp3) is 0.0870. The molecule has 1 aromatic heterocycles. The highest BCUT2D eigenvalue weighted by Crippen LogP contribution is 2.30. The lowest BCUT2D eigenvalue weighted by Crippen LogP contribution is -2.04. The van der Waals surface area contributed by atoms with Gasteiger partial charge in [-0.05, 0) is 29.8 Å². The molecular formula is C23H17ClN4O. The third-order valence-electron chi connectivity index (χ3n) is 4.65. The number of nitrogens with zero attached hydrogens (tertiary/aromatic N) is 3. The van der Waals surface area contributed by atoms with E-state index in [-0.39, 0.29) is 0 Å². The number of methoxy groups -OCH3 is 1. The van der Waals surface area contributed by atoms with Gasteiger partial charge in [0.2, 0.25) is 0 Å².